The minimum atomic E-state index is -3.13. The highest BCUT2D eigenvalue weighted by Gasteiger charge is 1.62. The smallest absolute Gasteiger partial charge is 0.314 e. The zero-order chi connectivity index (χ0) is 12.7. The second kappa shape index (κ2) is 23.6. The number of hydrogen-bond donors (Lipinski definition) is 6. The largest absolute Gasteiger partial charge is 0.326 e. The second-order valence-electron chi connectivity index (χ2n) is 0.848. The van der Waals surface area contributed by atoms with E-state index in [-0.39, 0.29) is 0 Å². The van der Waals surface area contributed by atoms with E-state index in [1.807, 2.05) is 5.83 Å². The SMILES string of the molecule is CBr.O=[PH](O)O.O=[PH](O)O.O=[PH](O)O. The highest BCUT2D eigenvalue weighted by atomic mass is 79.9. The van der Waals surface area contributed by atoms with Crippen LogP contribution in [-0.4, -0.2) is 35.2 Å². The predicted molar refractivity (Wildman–Crippen MR) is 55.2 cm³/mol. The zero-order valence-corrected chi connectivity index (χ0v) is 11.4. The lowest BCUT2D eigenvalue weighted by atomic mass is 12.0. The lowest BCUT2D eigenvalue weighted by Crippen LogP contribution is -1.38. The number of hydrogen-bond acceptors (Lipinski definition) is 3. The van der Waals surface area contributed by atoms with Crippen molar-refractivity contribution >= 4 is 40.7 Å². The first-order valence-electron chi connectivity index (χ1n) is 2.33. The van der Waals surface area contributed by atoms with Crippen LogP contribution in [-0.2, 0) is 13.7 Å². The highest BCUT2D eigenvalue weighted by Crippen LogP contribution is 1.99. The first-order chi connectivity index (χ1) is 6.20. The molecule has 0 spiro atoms. The summed E-state index contributed by atoms with van der Waals surface area (Å²) in [5, 5.41) is 0. The molecule has 0 aromatic heterocycles. The second-order valence-corrected chi connectivity index (χ2v) is 2.54. The molecule has 0 rings (SSSR count). The quantitative estimate of drug-likeness (QED) is 0.241. The van der Waals surface area contributed by atoms with Crippen LogP contribution in [0.3, 0.4) is 0 Å². The van der Waals surface area contributed by atoms with Crippen LogP contribution in [0.15, 0.2) is 0 Å². The fraction of sp³-hybridized carbons (Fsp3) is 1.00. The van der Waals surface area contributed by atoms with Crippen molar-refractivity contribution in [3.05, 3.63) is 0 Å². The Morgan fingerprint density at radius 1 is 0.643 bits per heavy atom. The van der Waals surface area contributed by atoms with Crippen LogP contribution >= 0.6 is 40.7 Å². The van der Waals surface area contributed by atoms with E-state index in [0.717, 1.165) is 0 Å². The van der Waals surface area contributed by atoms with Crippen molar-refractivity contribution in [1.82, 2.24) is 0 Å². The number of rotatable bonds is 0. The molecule has 0 aliphatic rings. The van der Waals surface area contributed by atoms with Gasteiger partial charge in [-0.2, -0.15) is 0 Å². The molecule has 13 heteroatoms. The van der Waals surface area contributed by atoms with Crippen molar-refractivity contribution in [2.75, 3.05) is 5.83 Å². The van der Waals surface area contributed by atoms with Crippen LogP contribution in [0.25, 0.3) is 0 Å². The van der Waals surface area contributed by atoms with Crippen LogP contribution in [0, 0.1) is 0 Å². The van der Waals surface area contributed by atoms with E-state index in [4.69, 9.17) is 43.1 Å². The Morgan fingerprint density at radius 3 is 0.643 bits per heavy atom. The van der Waals surface area contributed by atoms with Crippen LogP contribution in [0.5, 0.6) is 0 Å². The van der Waals surface area contributed by atoms with Gasteiger partial charge in [0.25, 0.3) is 0 Å². The monoisotopic (exact) mass is 340 g/mol. The zero-order valence-electron chi connectivity index (χ0n) is 6.79. The van der Waals surface area contributed by atoms with Gasteiger partial charge < -0.3 is 29.4 Å². The van der Waals surface area contributed by atoms with Gasteiger partial charge in [0.2, 0.25) is 0 Å². The first-order valence-corrected chi connectivity index (χ1v) is 7.83. The van der Waals surface area contributed by atoms with Crippen molar-refractivity contribution in [2.24, 2.45) is 0 Å². The molecule has 6 N–H and O–H groups in total. The molecular formula is CH12BrO9P3. The van der Waals surface area contributed by atoms with Crippen LogP contribution in [0.4, 0.5) is 0 Å². The summed E-state index contributed by atoms with van der Waals surface area (Å²) in [6, 6.07) is 0. The summed E-state index contributed by atoms with van der Waals surface area (Å²) >= 11 is 2.94. The summed E-state index contributed by atoms with van der Waals surface area (Å²) in [5.74, 6) is 1.81. The average molecular weight is 341 g/mol. The van der Waals surface area contributed by atoms with Crippen molar-refractivity contribution in [3.8, 4) is 0 Å². The molecule has 0 aromatic rings. The molecule has 0 fully saturated rings. The summed E-state index contributed by atoms with van der Waals surface area (Å²) in [6.07, 6.45) is 0. The van der Waals surface area contributed by atoms with E-state index in [2.05, 4.69) is 15.9 Å². The summed E-state index contributed by atoms with van der Waals surface area (Å²) in [5.41, 5.74) is 0. The molecule has 0 aliphatic heterocycles. The molecule has 0 saturated carbocycles. The van der Waals surface area contributed by atoms with Crippen molar-refractivity contribution in [2.45, 2.75) is 0 Å². The third-order valence-electron chi connectivity index (χ3n) is 0. The Balaban J connectivity index is -0.0000000492. The van der Waals surface area contributed by atoms with Crippen molar-refractivity contribution < 1.29 is 43.1 Å². The third-order valence-corrected chi connectivity index (χ3v) is 0. The van der Waals surface area contributed by atoms with E-state index in [0.29, 0.717) is 0 Å². The Hall–Kier alpha value is 0.930. The average Bonchev–Trinajstić information content (AvgIpc) is 1.86. The molecule has 0 saturated heterocycles. The molecule has 0 unspecified atom stereocenters. The van der Waals surface area contributed by atoms with E-state index >= 15 is 0 Å². The minimum absolute atomic E-state index is 1.81. The molecule has 0 radical (unpaired) electrons. The van der Waals surface area contributed by atoms with Crippen LogP contribution < -0.4 is 0 Å². The fourth-order valence-corrected chi connectivity index (χ4v) is 0. The van der Waals surface area contributed by atoms with Gasteiger partial charge >= 0.3 is 24.8 Å². The van der Waals surface area contributed by atoms with Gasteiger partial charge in [-0.25, -0.2) is 0 Å². The standard InChI is InChI=1S/CH3Br.3H3O3P/c1-2;3*1-4(2)3/h1H3;3*4H,(H2,1,2,3). The summed E-state index contributed by atoms with van der Waals surface area (Å²) in [4.78, 5) is 42.9. The Kier molecular flexibility index (Phi) is 40.9. The van der Waals surface area contributed by atoms with Crippen LogP contribution in [0.1, 0.15) is 0 Å². The van der Waals surface area contributed by atoms with E-state index in [1.165, 1.54) is 0 Å². The number of halogens is 1. The van der Waals surface area contributed by atoms with Gasteiger partial charge in [-0.3, -0.25) is 13.7 Å². The minimum Gasteiger partial charge on any atom is -0.326 e. The summed E-state index contributed by atoms with van der Waals surface area (Å²) in [6.45, 7) is 0. The fourth-order valence-electron chi connectivity index (χ4n) is 0. The van der Waals surface area contributed by atoms with Gasteiger partial charge in [-0.05, 0) is 5.83 Å². The first kappa shape index (κ1) is 24.3. The molecule has 0 atom stereocenters. The van der Waals surface area contributed by atoms with E-state index in [9.17, 15) is 0 Å². The van der Waals surface area contributed by atoms with Gasteiger partial charge in [0.05, 0.1) is 0 Å². The van der Waals surface area contributed by atoms with Gasteiger partial charge in [0.1, 0.15) is 0 Å². The lowest BCUT2D eigenvalue weighted by molar-refractivity contribution is 0.403. The molecule has 0 amide bonds. The van der Waals surface area contributed by atoms with Crippen molar-refractivity contribution in [1.29, 1.82) is 0 Å². The summed E-state index contributed by atoms with van der Waals surface area (Å²) < 4.78 is 26.2. The maximum absolute atomic E-state index is 8.74. The molecule has 0 aromatic carbocycles. The number of alkyl halides is 1. The predicted octanol–water partition coefficient (Wildman–Crippen LogP) is -0.907. The van der Waals surface area contributed by atoms with Gasteiger partial charge in [-0.15, -0.1) is 0 Å². The van der Waals surface area contributed by atoms with Gasteiger partial charge in [-0.1, -0.05) is 15.9 Å². The molecule has 14 heavy (non-hydrogen) atoms. The molecule has 9 nitrogen and oxygen atoms in total. The molecule has 0 heterocycles. The lowest BCUT2D eigenvalue weighted by Gasteiger charge is -1.61. The highest BCUT2D eigenvalue weighted by molar-refractivity contribution is 9.08. The topological polar surface area (TPSA) is 173 Å². The molecular weight excluding hydrogens is 329 g/mol. The van der Waals surface area contributed by atoms with E-state index < -0.39 is 24.8 Å². The van der Waals surface area contributed by atoms with E-state index in [1.54, 1.807) is 0 Å². The molecule has 0 bridgehead atoms. The maximum Gasteiger partial charge on any atom is 0.314 e. The summed E-state index contributed by atoms with van der Waals surface area (Å²) in [7, 11) is -9.39. The maximum atomic E-state index is 8.74. The third kappa shape index (κ3) is 2130. The molecule has 0 aliphatic carbocycles. The Morgan fingerprint density at radius 2 is 0.643 bits per heavy atom. The van der Waals surface area contributed by atoms with Crippen molar-refractivity contribution in [3.63, 3.8) is 0 Å². The Bertz CT molecular complexity index is 118. The molecule has 92 valence electrons. The van der Waals surface area contributed by atoms with Crippen LogP contribution in [0.2, 0.25) is 0 Å². The Labute approximate surface area is 90.0 Å². The normalized spacial score (nSPS) is 7.93. The van der Waals surface area contributed by atoms with Gasteiger partial charge in [0.15, 0.2) is 0 Å². The van der Waals surface area contributed by atoms with Gasteiger partial charge in [0, 0.05) is 0 Å².